The highest BCUT2D eigenvalue weighted by molar-refractivity contribution is 5.46. The highest BCUT2D eigenvalue weighted by atomic mass is 16.5. The average molecular weight is 220 g/mol. The standard InChI is InChI=1S/C13H20N2O/c1-15(10-12-6-4-8-16-12)9-11-5-2-3-7-13(11)14/h2-3,5,7,12H,4,6,8-10,14H2,1H3. The van der Waals surface area contributed by atoms with Gasteiger partial charge >= 0.3 is 0 Å². The van der Waals surface area contributed by atoms with Crippen molar-refractivity contribution in [2.75, 3.05) is 25.9 Å². The van der Waals surface area contributed by atoms with E-state index in [-0.39, 0.29) is 0 Å². The van der Waals surface area contributed by atoms with Gasteiger partial charge in [0.25, 0.3) is 0 Å². The summed E-state index contributed by atoms with van der Waals surface area (Å²) < 4.78 is 5.62. The summed E-state index contributed by atoms with van der Waals surface area (Å²) in [4.78, 5) is 2.28. The van der Waals surface area contributed by atoms with Crippen molar-refractivity contribution in [2.24, 2.45) is 0 Å². The molecule has 16 heavy (non-hydrogen) atoms. The molecule has 1 aromatic rings. The molecule has 0 saturated carbocycles. The Morgan fingerprint density at radius 1 is 1.44 bits per heavy atom. The second kappa shape index (κ2) is 5.32. The van der Waals surface area contributed by atoms with Crippen molar-refractivity contribution in [3.63, 3.8) is 0 Å². The van der Waals surface area contributed by atoms with Crippen LogP contribution in [0.5, 0.6) is 0 Å². The lowest BCUT2D eigenvalue weighted by atomic mass is 10.1. The van der Waals surface area contributed by atoms with E-state index in [1.54, 1.807) is 0 Å². The van der Waals surface area contributed by atoms with E-state index < -0.39 is 0 Å². The first kappa shape index (κ1) is 11.4. The van der Waals surface area contributed by atoms with Gasteiger partial charge in [-0.1, -0.05) is 18.2 Å². The van der Waals surface area contributed by atoms with Gasteiger partial charge in [-0.15, -0.1) is 0 Å². The van der Waals surface area contributed by atoms with Crippen molar-refractivity contribution in [1.82, 2.24) is 4.90 Å². The molecule has 1 aliphatic rings. The molecule has 1 heterocycles. The van der Waals surface area contributed by atoms with Crippen molar-refractivity contribution >= 4 is 5.69 Å². The van der Waals surface area contributed by atoms with Crippen molar-refractivity contribution < 1.29 is 4.74 Å². The van der Waals surface area contributed by atoms with E-state index in [9.17, 15) is 0 Å². The molecule has 2 N–H and O–H groups in total. The number of para-hydroxylation sites is 1. The molecule has 0 aromatic heterocycles. The Kier molecular flexibility index (Phi) is 3.80. The first-order valence-electron chi connectivity index (χ1n) is 5.89. The van der Waals surface area contributed by atoms with Crippen LogP contribution in [0, 0.1) is 0 Å². The lowest BCUT2D eigenvalue weighted by Gasteiger charge is -2.21. The minimum absolute atomic E-state index is 0.412. The number of nitrogens with zero attached hydrogens (tertiary/aromatic N) is 1. The Hall–Kier alpha value is -1.06. The van der Waals surface area contributed by atoms with Gasteiger partial charge in [0.2, 0.25) is 0 Å². The normalized spacial score (nSPS) is 20.5. The van der Waals surface area contributed by atoms with E-state index in [4.69, 9.17) is 10.5 Å². The summed E-state index contributed by atoms with van der Waals surface area (Å²) in [5, 5.41) is 0. The van der Waals surface area contributed by atoms with E-state index >= 15 is 0 Å². The molecule has 1 atom stereocenters. The number of hydrogen-bond donors (Lipinski definition) is 1. The Labute approximate surface area is 97.2 Å². The van der Waals surface area contributed by atoms with Crippen LogP contribution in [-0.4, -0.2) is 31.2 Å². The van der Waals surface area contributed by atoms with Crippen LogP contribution in [0.15, 0.2) is 24.3 Å². The zero-order valence-corrected chi connectivity index (χ0v) is 9.86. The first-order valence-corrected chi connectivity index (χ1v) is 5.89. The van der Waals surface area contributed by atoms with Gasteiger partial charge in [0.1, 0.15) is 0 Å². The van der Waals surface area contributed by atoms with Crippen molar-refractivity contribution in [3.05, 3.63) is 29.8 Å². The molecule has 2 rings (SSSR count). The lowest BCUT2D eigenvalue weighted by Crippen LogP contribution is -2.28. The maximum Gasteiger partial charge on any atom is 0.0702 e. The van der Waals surface area contributed by atoms with E-state index in [0.717, 1.165) is 25.4 Å². The highest BCUT2D eigenvalue weighted by Crippen LogP contribution is 2.16. The van der Waals surface area contributed by atoms with Gasteiger partial charge in [-0.25, -0.2) is 0 Å². The van der Waals surface area contributed by atoms with Gasteiger partial charge in [0, 0.05) is 25.4 Å². The van der Waals surface area contributed by atoms with E-state index in [2.05, 4.69) is 18.0 Å². The predicted octanol–water partition coefficient (Wildman–Crippen LogP) is 1.88. The third-order valence-electron chi connectivity index (χ3n) is 3.03. The number of ether oxygens (including phenoxy) is 1. The van der Waals surface area contributed by atoms with Crippen LogP contribution in [0.4, 0.5) is 5.69 Å². The van der Waals surface area contributed by atoms with Crippen LogP contribution in [0.1, 0.15) is 18.4 Å². The summed E-state index contributed by atoms with van der Waals surface area (Å²) in [5.74, 6) is 0. The van der Waals surface area contributed by atoms with Gasteiger partial charge < -0.3 is 10.5 Å². The largest absolute Gasteiger partial charge is 0.398 e. The monoisotopic (exact) mass is 220 g/mol. The molecule has 88 valence electrons. The van der Waals surface area contributed by atoms with Crippen molar-refractivity contribution in [3.8, 4) is 0 Å². The summed E-state index contributed by atoms with van der Waals surface area (Å²) in [7, 11) is 2.12. The number of hydrogen-bond acceptors (Lipinski definition) is 3. The van der Waals surface area contributed by atoms with Crippen LogP contribution < -0.4 is 5.73 Å². The molecule has 3 heteroatoms. The molecule has 0 radical (unpaired) electrons. The summed E-state index contributed by atoms with van der Waals surface area (Å²) in [6.45, 7) is 2.81. The molecular weight excluding hydrogens is 200 g/mol. The molecule has 0 spiro atoms. The topological polar surface area (TPSA) is 38.5 Å². The number of likely N-dealkylation sites (N-methyl/N-ethyl adjacent to an activating group) is 1. The maximum absolute atomic E-state index is 5.92. The predicted molar refractivity (Wildman–Crippen MR) is 66.2 cm³/mol. The van der Waals surface area contributed by atoms with Gasteiger partial charge in [-0.2, -0.15) is 0 Å². The Morgan fingerprint density at radius 3 is 2.94 bits per heavy atom. The number of anilines is 1. The van der Waals surface area contributed by atoms with Crippen LogP contribution >= 0.6 is 0 Å². The molecule has 1 saturated heterocycles. The van der Waals surface area contributed by atoms with Crippen molar-refractivity contribution in [1.29, 1.82) is 0 Å². The first-order chi connectivity index (χ1) is 7.75. The van der Waals surface area contributed by atoms with Crippen molar-refractivity contribution in [2.45, 2.75) is 25.5 Å². The number of benzene rings is 1. The third-order valence-corrected chi connectivity index (χ3v) is 3.03. The molecule has 1 unspecified atom stereocenters. The second-order valence-corrected chi connectivity index (χ2v) is 4.53. The van der Waals surface area contributed by atoms with E-state index in [1.165, 1.54) is 18.4 Å². The fourth-order valence-electron chi connectivity index (χ4n) is 2.17. The number of nitrogen functional groups attached to an aromatic ring is 1. The van der Waals surface area contributed by atoms with Gasteiger partial charge in [-0.3, -0.25) is 4.90 Å². The summed E-state index contributed by atoms with van der Waals surface area (Å²) in [5.41, 5.74) is 7.99. The third kappa shape index (κ3) is 2.97. The zero-order chi connectivity index (χ0) is 11.4. The maximum atomic E-state index is 5.92. The molecule has 0 aliphatic carbocycles. The number of nitrogens with two attached hydrogens (primary N) is 1. The van der Waals surface area contributed by atoms with E-state index in [0.29, 0.717) is 6.10 Å². The summed E-state index contributed by atoms with van der Waals surface area (Å²) in [6.07, 6.45) is 2.80. The molecule has 3 nitrogen and oxygen atoms in total. The smallest absolute Gasteiger partial charge is 0.0702 e. The van der Waals surface area contributed by atoms with Crippen LogP contribution in [0.3, 0.4) is 0 Å². The molecule has 1 fully saturated rings. The highest BCUT2D eigenvalue weighted by Gasteiger charge is 2.17. The molecule has 1 aromatic carbocycles. The minimum Gasteiger partial charge on any atom is -0.398 e. The van der Waals surface area contributed by atoms with Gasteiger partial charge in [-0.05, 0) is 31.5 Å². The Bertz CT molecular complexity index is 334. The van der Waals surface area contributed by atoms with Crippen LogP contribution in [0.25, 0.3) is 0 Å². The van der Waals surface area contributed by atoms with Gasteiger partial charge in [0.05, 0.1) is 6.10 Å². The quantitative estimate of drug-likeness (QED) is 0.787. The average Bonchev–Trinajstić information content (AvgIpc) is 2.74. The summed E-state index contributed by atoms with van der Waals surface area (Å²) in [6, 6.07) is 8.04. The number of rotatable bonds is 4. The molecular formula is C13H20N2O. The molecule has 0 bridgehead atoms. The second-order valence-electron chi connectivity index (χ2n) is 4.53. The molecule has 1 aliphatic heterocycles. The Balaban J connectivity index is 1.86. The van der Waals surface area contributed by atoms with Crippen LogP contribution in [-0.2, 0) is 11.3 Å². The summed E-state index contributed by atoms with van der Waals surface area (Å²) >= 11 is 0. The Morgan fingerprint density at radius 2 is 2.25 bits per heavy atom. The van der Waals surface area contributed by atoms with Crippen LogP contribution in [0.2, 0.25) is 0 Å². The zero-order valence-electron chi connectivity index (χ0n) is 9.86. The SMILES string of the molecule is CN(Cc1ccccc1N)CC1CCCO1. The van der Waals surface area contributed by atoms with E-state index in [1.807, 2.05) is 18.2 Å². The molecule has 0 amide bonds. The van der Waals surface area contributed by atoms with Gasteiger partial charge in [0.15, 0.2) is 0 Å². The fraction of sp³-hybridized carbons (Fsp3) is 0.538. The minimum atomic E-state index is 0.412. The lowest BCUT2D eigenvalue weighted by molar-refractivity contribution is 0.0794. The fourth-order valence-corrected chi connectivity index (χ4v) is 2.17.